The Morgan fingerprint density at radius 1 is 1.50 bits per heavy atom. The Hall–Kier alpha value is -0.770. The fourth-order valence-corrected chi connectivity index (χ4v) is 3.00. The van der Waals surface area contributed by atoms with Crippen molar-refractivity contribution in [3.05, 3.63) is 28.8 Å². The second-order valence-electron chi connectivity index (χ2n) is 4.82. The predicted molar refractivity (Wildman–Crippen MR) is 74.2 cm³/mol. The van der Waals surface area contributed by atoms with Crippen molar-refractivity contribution in [2.75, 3.05) is 31.7 Å². The van der Waals surface area contributed by atoms with Crippen LogP contribution in [0.3, 0.4) is 0 Å². The summed E-state index contributed by atoms with van der Waals surface area (Å²) >= 11 is 6.28. The van der Waals surface area contributed by atoms with E-state index in [1.165, 1.54) is 6.42 Å². The molecule has 0 amide bonds. The van der Waals surface area contributed by atoms with Gasteiger partial charge in [-0.15, -0.1) is 0 Å². The van der Waals surface area contributed by atoms with Crippen molar-refractivity contribution in [2.24, 2.45) is 5.92 Å². The Bertz CT molecular complexity index is 395. The molecule has 18 heavy (non-hydrogen) atoms. The minimum Gasteiger partial charge on any atom is -0.392 e. The first kappa shape index (κ1) is 13.7. The maximum absolute atomic E-state index is 9.43. The molecule has 1 fully saturated rings. The van der Waals surface area contributed by atoms with E-state index in [9.17, 15) is 5.11 Å². The van der Waals surface area contributed by atoms with Gasteiger partial charge in [-0.2, -0.15) is 0 Å². The van der Waals surface area contributed by atoms with Gasteiger partial charge in [0.15, 0.2) is 0 Å². The van der Waals surface area contributed by atoms with Crippen molar-refractivity contribution in [2.45, 2.75) is 19.4 Å². The molecular weight excluding hydrogens is 250 g/mol. The minimum absolute atomic E-state index is 0.0291. The van der Waals surface area contributed by atoms with Crippen molar-refractivity contribution in [3.8, 4) is 0 Å². The van der Waals surface area contributed by atoms with Crippen LogP contribution >= 0.6 is 11.6 Å². The summed E-state index contributed by atoms with van der Waals surface area (Å²) in [4.78, 5) is 2.28. The molecular formula is C14H20ClNO2. The number of piperidine rings is 1. The second kappa shape index (κ2) is 6.41. The van der Waals surface area contributed by atoms with E-state index >= 15 is 0 Å². The molecule has 100 valence electrons. The summed E-state index contributed by atoms with van der Waals surface area (Å²) in [5.41, 5.74) is 1.89. The number of para-hydroxylation sites is 1. The molecule has 0 radical (unpaired) electrons. The standard InChI is InChI=1S/C14H20ClNO2/c1-18-10-11-4-3-7-16(8-11)14-12(9-17)5-2-6-13(14)15/h2,5-6,11,17H,3-4,7-10H2,1H3. The van der Waals surface area contributed by atoms with E-state index in [0.717, 1.165) is 42.4 Å². The van der Waals surface area contributed by atoms with Crippen LogP contribution in [0.2, 0.25) is 5.02 Å². The molecule has 0 saturated carbocycles. The number of rotatable bonds is 4. The third-order valence-corrected chi connectivity index (χ3v) is 3.78. The van der Waals surface area contributed by atoms with Crippen LogP contribution < -0.4 is 4.90 Å². The molecule has 1 heterocycles. The summed E-state index contributed by atoms with van der Waals surface area (Å²) in [6.07, 6.45) is 2.34. The quantitative estimate of drug-likeness (QED) is 0.912. The number of aliphatic hydroxyl groups is 1. The smallest absolute Gasteiger partial charge is 0.0702 e. The highest BCUT2D eigenvalue weighted by molar-refractivity contribution is 6.33. The molecule has 0 bridgehead atoms. The van der Waals surface area contributed by atoms with Crippen LogP contribution in [0.1, 0.15) is 18.4 Å². The molecule has 3 nitrogen and oxygen atoms in total. The van der Waals surface area contributed by atoms with Crippen molar-refractivity contribution >= 4 is 17.3 Å². The summed E-state index contributed by atoms with van der Waals surface area (Å²) < 4.78 is 5.24. The van der Waals surface area contributed by atoms with Gasteiger partial charge in [-0.3, -0.25) is 0 Å². The maximum Gasteiger partial charge on any atom is 0.0702 e. The number of anilines is 1. The lowest BCUT2D eigenvalue weighted by Crippen LogP contribution is -2.37. The van der Waals surface area contributed by atoms with Gasteiger partial charge in [0.05, 0.1) is 23.9 Å². The van der Waals surface area contributed by atoms with E-state index in [1.54, 1.807) is 7.11 Å². The topological polar surface area (TPSA) is 32.7 Å². The van der Waals surface area contributed by atoms with Gasteiger partial charge < -0.3 is 14.7 Å². The van der Waals surface area contributed by atoms with Crippen LogP contribution in [-0.4, -0.2) is 31.9 Å². The van der Waals surface area contributed by atoms with E-state index in [2.05, 4.69) is 4.90 Å². The van der Waals surface area contributed by atoms with Crippen LogP contribution in [0.25, 0.3) is 0 Å². The molecule has 1 aliphatic heterocycles. The second-order valence-corrected chi connectivity index (χ2v) is 5.22. The lowest BCUT2D eigenvalue weighted by molar-refractivity contribution is 0.143. The fourth-order valence-electron chi connectivity index (χ4n) is 2.68. The van der Waals surface area contributed by atoms with Crippen LogP contribution in [0.5, 0.6) is 0 Å². The maximum atomic E-state index is 9.43. The van der Waals surface area contributed by atoms with Crippen molar-refractivity contribution in [3.63, 3.8) is 0 Å². The molecule has 2 rings (SSSR count). The summed E-state index contributed by atoms with van der Waals surface area (Å²) in [5, 5.41) is 10.2. The summed E-state index contributed by atoms with van der Waals surface area (Å²) in [5.74, 6) is 0.548. The first-order valence-corrected chi connectivity index (χ1v) is 6.76. The number of hydrogen-bond donors (Lipinski definition) is 1. The fraction of sp³-hybridized carbons (Fsp3) is 0.571. The summed E-state index contributed by atoms with van der Waals surface area (Å²) in [6.45, 7) is 2.76. The molecule has 1 aliphatic rings. The van der Waals surface area contributed by atoms with E-state index in [-0.39, 0.29) is 6.61 Å². The molecule has 0 aliphatic carbocycles. The molecule has 1 aromatic rings. The molecule has 1 unspecified atom stereocenters. The van der Waals surface area contributed by atoms with E-state index < -0.39 is 0 Å². The average Bonchev–Trinajstić information content (AvgIpc) is 2.39. The first-order valence-electron chi connectivity index (χ1n) is 6.38. The van der Waals surface area contributed by atoms with Gasteiger partial charge >= 0.3 is 0 Å². The van der Waals surface area contributed by atoms with Crippen molar-refractivity contribution in [1.82, 2.24) is 0 Å². The molecule has 1 saturated heterocycles. The zero-order valence-corrected chi connectivity index (χ0v) is 11.5. The minimum atomic E-state index is 0.0291. The van der Waals surface area contributed by atoms with Crippen LogP contribution in [-0.2, 0) is 11.3 Å². The zero-order chi connectivity index (χ0) is 13.0. The van der Waals surface area contributed by atoms with Crippen LogP contribution in [0, 0.1) is 5.92 Å². The highest BCUT2D eigenvalue weighted by atomic mass is 35.5. The Kier molecular flexibility index (Phi) is 4.87. The Balaban J connectivity index is 2.20. The number of benzene rings is 1. The highest BCUT2D eigenvalue weighted by Crippen LogP contribution is 2.33. The molecule has 1 aromatic carbocycles. The third-order valence-electron chi connectivity index (χ3n) is 3.48. The van der Waals surface area contributed by atoms with Gasteiger partial charge in [-0.05, 0) is 24.8 Å². The van der Waals surface area contributed by atoms with Gasteiger partial charge in [0.2, 0.25) is 0 Å². The number of hydrogen-bond acceptors (Lipinski definition) is 3. The van der Waals surface area contributed by atoms with Crippen LogP contribution in [0.15, 0.2) is 18.2 Å². The number of nitrogens with zero attached hydrogens (tertiary/aromatic N) is 1. The van der Waals surface area contributed by atoms with Crippen molar-refractivity contribution < 1.29 is 9.84 Å². The Morgan fingerprint density at radius 2 is 2.33 bits per heavy atom. The highest BCUT2D eigenvalue weighted by Gasteiger charge is 2.23. The van der Waals surface area contributed by atoms with Gasteiger partial charge in [-0.25, -0.2) is 0 Å². The lowest BCUT2D eigenvalue weighted by atomic mass is 9.97. The normalized spacial score (nSPS) is 20.2. The molecule has 4 heteroatoms. The van der Waals surface area contributed by atoms with Crippen LogP contribution in [0.4, 0.5) is 5.69 Å². The average molecular weight is 270 g/mol. The molecule has 1 atom stereocenters. The lowest BCUT2D eigenvalue weighted by Gasteiger charge is -2.35. The predicted octanol–water partition coefficient (Wildman–Crippen LogP) is 2.70. The van der Waals surface area contributed by atoms with Crippen molar-refractivity contribution in [1.29, 1.82) is 0 Å². The van der Waals surface area contributed by atoms with Gasteiger partial charge in [0.1, 0.15) is 0 Å². The van der Waals surface area contributed by atoms with E-state index in [1.807, 2.05) is 18.2 Å². The molecule has 0 spiro atoms. The SMILES string of the molecule is COCC1CCCN(c2c(Cl)cccc2CO)C1. The molecule has 0 aromatic heterocycles. The Labute approximate surface area is 113 Å². The van der Waals surface area contributed by atoms with Gasteiger partial charge in [0, 0.05) is 25.8 Å². The van der Waals surface area contributed by atoms with E-state index in [4.69, 9.17) is 16.3 Å². The van der Waals surface area contributed by atoms with E-state index in [0.29, 0.717) is 5.92 Å². The number of halogens is 1. The van der Waals surface area contributed by atoms with Gasteiger partial charge in [-0.1, -0.05) is 23.7 Å². The largest absolute Gasteiger partial charge is 0.392 e. The third kappa shape index (κ3) is 2.97. The monoisotopic (exact) mass is 269 g/mol. The summed E-state index contributed by atoms with van der Waals surface area (Å²) in [7, 11) is 1.74. The number of ether oxygens (including phenoxy) is 1. The zero-order valence-electron chi connectivity index (χ0n) is 10.7. The molecule has 1 N–H and O–H groups in total. The number of aliphatic hydroxyl groups excluding tert-OH is 1. The summed E-state index contributed by atoms with van der Waals surface area (Å²) in [6, 6.07) is 5.70. The van der Waals surface area contributed by atoms with Gasteiger partial charge in [0.25, 0.3) is 0 Å². The Morgan fingerprint density at radius 3 is 3.06 bits per heavy atom. The number of methoxy groups -OCH3 is 1. The first-order chi connectivity index (χ1) is 8.76.